The van der Waals surface area contributed by atoms with Crippen LogP contribution in [0, 0.1) is 0 Å². The molecule has 0 radical (unpaired) electrons. The second kappa shape index (κ2) is 4.81. The van der Waals surface area contributed by atoms with Crippen LogP contribution in [0.25, 0.3) is 22.6 Å². The fourth-order valence-electron chi connectivity index (χ4n) is 2.04. The maximum atomic E-state index is 10.2. The van der Waals surface area contributed by atoms with Crippen molar-refractivity contribution >= 4 is 46.0 Å². The third kappa shape index (κ3) is 1.92. The standard InChI is InChI=1S/C13H8Cl3N3O/c1-19-12-8(3-2-4-17-12)18-13(19)9-10(16)6(14)5-7(15)11(9)20/h2-5,20H,1H3. The van der Waals surface area contributed by atoms with Gasteiger partial charge in [0.05, 0.1) is 20.6 Å². The molecule has 7 heteroatoms. The number of hydrogen-bond acceptors (Lipinski definition) is 3. The van der Waals surface area contributed by atoms with E-state index < -0.39 is 0 Å². The summed E-state index contributed by atoms with van der Waals surface area (Å²) in [4.78, 5) is 8.67. The van der Waals surface area contributed by atoms with Crippen LogP contribution in [0.1, 0.15) is 0 Å². The number of aromatic nitrogens is 3. The van der Waals surface area contributed by atoms with E-state index >= 15 is 0 Å². The Hall–Kier alpha value is -1.49. The highest BCUT2D eigenvalue weighted by molar-refractivity contribution is 6.45. The predicted molar refractivity (Wildman–Crippen MR) is 80.6 cm³/mol. The first-order valence-corrected chi connectivity index (χ1v) is 6.78. The van der Waals surface area contributed by atoms with Crippen LogP contribution < -0.4 is 0 Å². The Morgan fingerprint density at radius 3 is 2.65 bits per heavy atom. The molecule has 1 aromatic carbocycles. The minimum atomic E-state index is -0.153. The van der Waals surface area contributed by atoms with Crippen LogP contribution >= 0.6 is 34.8 Å². The molecule has 2 aromatic heterocycles. The summed E-state index contributed by atoms with van der Waals surface area (Å²) < 4.78 is 1.73. The van der Waals surface area contributed by atoms with Crippen molar-refractivity contribution in [3.63, 3.8) is 0 Å². The highest BCUT2D eigenvalue weighted by atomic mass is 35.5. The number of aryl methyl sites for hydroxylation is 1. The van der Waals surface area contributed by atoms with Crippen molar-refractivity contribution in [2.24, 2.45) is 7.05 Å². The van der Waals surface area contributed by atoms with Crippen LogP contribution in [0.15, 0.2) is 24.4 Å². The first kappa shape index (κ1) is 13.5. The van der Waals surface area contributed by atoms with E-state index in [4.69, 9.17) is 34.8 Å². The van der Waals surface area contributed by atoms with E-state index in [0.29, 0.717) is 22.6 Å². The lowest BCUT2D eigenvalue weighted by Crippen LogP contribution is -1.95. The van der Waals surface area contributed by atoms with Gasteiger partial charge in [-0.1, -0.05) is 34.8 Å². The lowest BCUT2D eigenvalue weighted by molar-refractivity contribution is 0.477. The Labute approximate surface area is 129 Å². The summed E-state index contributed by atoms with van der Waals surface area (Å²) in [6.07, 6.45) is 1.67. The molecule has 0 unspecified atom stereocenters. The molecule has 2 heterocycles. The van der Waals surface area contributed by atoms with E-state index in [2.05, 4.69) is 9.97 Å². The first-order chi connectivity index (χ1) is 9.50. The molecule has 20 heavy (non-hydrogen) atoms. The second-order valence-electron chi connectivity index (χ2n) is 4.22. The van der Waals surface area contributed by atoms with E-state index in [1.54, 1.807) is 23.9 Å². The van der Waals surface area contributed by atoms with Crippen LogP contribution in [0.2, 0.25) is 15.1 Å². The van der Waals surface area contributed by atoms with Gasteiger partial charge in [0.2, 0.25) is 0 Å². The number of halogens is 3. The second-order valence-corrected chi connectivity index (χ2v) is 5.41. The van der Waals surface area contributed by atoms with E-state index in [0.717, 1.165) is 0 Å². The Bertz CT molecular complexity index is 803. The number of imidazole rings is 1. The summed E-state index contributed by atoms with van der Waals surface area (Å²) in [7, 11) is 1.78. The lowest BCUT2D eigenvalue weighted by atomic mass is 10.2. The highest BCUT2D eigenvalue weighted by Gasteiger charge is 2.21. The molecule has 0 aliphatic carbocycles. The molecule has 0 aliphatic heterocycles. The van der Waals surface area contributed by atoms with Crippen molar-refractivity contribution in [1.82, 2.24) is 14.5 Å². The summed E-state index contributed by atoms with van der Waals surface area (Å²) in [6, 6.07) is 5.00. The van der Waals surface area contributed by atoms with Gasteiger partial charge in [-0.05, 0) is 18.2 Å². The van der Waals surface area contributed by atoms with Crippen molar-refractivity contribution in [2.75, 3.05) is 0 Å². The first-order valence-electron chi connectivity index (χ1n) is 5.65. The number of pyridine rings is 1. The summed E-state index contributed by atoms with van der Waals surface area (Å²) in [6.45, 7) is 0. The van der Waals surface area contributed by atoms with Gasteiger partial charge in [0.1, 0.15) is 17.1 Å². The number of nitrogens with zero attached hydrogens (tertiary/aromatic N) is 3. The van der Waals surface area contributed by atoms with E-state index in [1.165, 1.54) is 6.07 Å². The van der Waals surface area contributed by atoms with E-state index in [1.807, 2.05) is 6.07 Å². The summed E-state index contributed by atoms with van der Waals surface area (Å²) in [5.74, 6) is 0.296. The Balaban J connectivity index is 2.40. The number of phenols is 1. The van der Waals surface area contributed by atoms with Gasteiger partial charge in [-0.2, -0.15) is 0 Å². The van der Waals surface area contributed by atoms with Gasteiger partial charge in [-0.25, -0.2) is 9.97 Å². The monoisotopic (exact) mass is 327 g/mol. The van der Waals surface area contributed by atoms with E-state index in [9.17, 15) is 5.11 Å². The molecule has 1 N–H and O–H groups in total. The summed E-state index contributed by atoms with van der Waals surface area (Å²) in [5, 5.41) is 10.7. The quantitative estimate of drug-likeness (QED) is 0.678. The molecule has 0 spiro atoms. The Morgan fingerprint density at radius 2 is 1.95 bits per heavy atom. The summed E-state index contributed by atoms with van der Waals surface area (Å²) in [5.41, 5.74) is 1.66. The molecule has 0 saturated carbocycles. The van der Waals surface area contributed by atoms with Gasteiger partial charge in [-0.15, -0.1) is 0 Å². The van der Waals surface area contributed by atoms with Gasteiger partial charge in [-0.3, -0.25) is 0 Å². The third-order valence-corrected chi connectivity index (χ3v) is 4.07. The largest absolute Gasteiger partial charge is 0.506 e. The molecule has 0 fully saturated rings. The number of rotatable bonds is 1. The molecular weight excluding hydrogens is 321 g/mol. The molecule has 0 saturated heterocycles. The van der Waals surface area contributed by atoms with Crippen LogP contribution in [0.3, 0.4) is 0 Å². The normalized spacial score (nSPS) is 11.2. The van der Waals surface area contributed by atoms with Crippen LogP contribution in [0.4, 0.5) is 0 Å². The van der Waals surface area contributed by atoms with Crippen LogP contribution in [-0.2, 0) is 7.05 Å². The molecule has 0 amide bonds. The molecular formula is C13H8Cl3N3O. The van der Waals surface area contributed by atoms with Gasteiger partial charge in [0.15, 0.2) is 5.65 Å². The predicted octanol–water partition coefficient (Wildman–Crippen LogP) is 4.30. The van der Waals surface area contributed by atoms with Crippen molar-refractivity contribution in [3.05, 3.63) is 39.5 Å². The zero-order valence-electron chi connectivity index (χ0n) is 10.2. The minimum absolute atomic E-state index is 0.120. The average molecular weight is 329 g/mol. The van der Waals surface area contributed by atoms with Crippen molar-refractivity contribution in [3.8, 4) is 17.1 Å². The molecule has 3 aromatic rings. The van der Waals surface area contributed by atoms with Crippen LogP contribution in [0.5, 0.6) is 5.75 Å². The maximum Gasteiger partial charge on any atom is 0.160 e. The Kier molecular flexibility index (Phi) is 3.24. The molecule has 4 nitrogen and oxygen atoms in total. The number of fused-ring (bicyclic) bond motifs is 1. The summed E-state index contributed by atoms with van der Waals surface area (Å²) >= 11 is 18.1. The fourth-order valence-corrected chi connectivity index (χ4v) is 2.73. The molecule has 0 atom stereocenters. The van der Waals surface area contributed by atoms with Gasteiger partial charge in [0.25, 0.3) is 0 Å². The molecule has 102 valence electrons. The van der Waals surface area contributed by atoms with Gasteiger partial charge < -0.3 is 9.67 Å². The van der Waals surface area contributed by atoms with Crippen molar-refractivity contribution < 1.29 is 5.11 Å². The lowest BCUT2D eigenvalue weighted by Gasteiger charge is -2.10. The smallest absolute Gasteiger partial charge is 0.160 e. The van der Waals surface area contributed by atoms with Crippen molar-refractivity contribution in [1.29, 1.82) is 0 Å². The molecule has 0 aliphatic rings. The minimum Gasteiger partial charge on any atom is -0.506 e. The van der Waals surface area contributed by atoms with Gasteiger partial charge in [0, 0.05) is 13.2 Å². The maximum absolute atomic E-state index is 10.2. The number of phenolic OH excluding ortho intramolecular Hbond substituents is 1. The van der Waals surface area contributed by atoms with Gasteiger partial charge >= 0.3 is 0 Å². The number of benzene rings is 1. The Morgan fingerprint density at radius 1 is 1.20 bits per heavy atom. The zero-order valence-corrected chi connectivity index (χ0v) is 12.5. The number of aromatic hydroxyl groups is 1. The highest BCUT2D eigenvalue weighted by Crippen LogP contribution is 2.44. The average Bonchev–Trinajstić information content (AvgIpc) is 2.75. The zero-order chi connectivity index (χ0) is 14.4. The number of hydrogen-bond donors (Lipinski definition) is 1. The molecule has 0 bridgehead atoms. The fraction of sp³-hybridized carbons (Fsp3) is 0.0769. The van der Waals surface area contributed by atoms with E-state index in [-0.39, 0.29) is 20.8 Å². The molecule has 3 rings (SSSR count). The SMILES string of the molecule is Cn1c(-c2c(O)c(Cl)cc(Cl)c2Cl)nc2cccnc21. The van der Waals surface area contributed by atoms with Crippen molar-refractivity contribution in [2.45, 2.75) is 0 Å². The topological polar surface area (TPSA) is 50.9 Å². The van der Waals surface area contributed by atoms with Crippen LogP contribution in [-0.4, -0.2) is 19.6 Å². The third-order valence-electron chi connectivity index (χ3n) is 3.00.